The van der Waals surface area contributed by atoms with Gasteiger partial charge >= 0.3 is 0 Å². The van der Waals surface area contributed by atoms with E-state index in [2.05, 4.69) is 10.6 Å². The minimum absolute atomic E-state index is 0.0125. The number of ether oxygens (including phenoxy) is 1. The Morgan fingerprint density at radius 3 is 2.56 bits per heavy atom. The molecule has 0 saturated heterocycles. The summed E-state index contributed by atoms with van der Waals surface area (Å²) >= 11 is 0. The van der Waals surface area contributed by atoms with E-state index in [1.165, 1.54) is 19.3 Å². The van der Waals surface area contributed by atoms with Crippen LogP contribution in [0.15, 0.2) is 36.4 Å². The van der Waals surface area contributed by atoms with Crippen LogP contribution < -0.4 is 15.4 Å². The summed E-state index contributed by atoms with van der Waals surface area (Å²) in [5.41, 5.74) is 0.942. The minimum atomic E-state index is -0.193. The fraction of sp³-hybridized carbons (Fsp3) is 0.455. The van der Waals surface area contributed by atoms with Gasteiger partial charge in [0.05, 0.1) is 13.7 Å². The zero-order valence-corrected chi connectivity index (χ0v) is 15.9. The monoisotopic (exact) mass is 368 g/mol. The first-order valence-electron chi connectivity index (χ1n) is 9.75. The van der Waals surface area contributed by atoms with E-state index < -0.39 is 0 Å². The minimum Gasteiger partial charge on any atom is -0.496 e. The summed E-state index contributed by atoms with van der Waals surface area (Å²) in [5, 5.41) is 7.80. The van der Waals surface area contributed by atoms with Crippen LogP contribution in [0.4, 0.5) is 0 Å². The van der Waals surface area contributed by atoms with Gasteiger partial charge < -0.3 is 15.4 Å². The van der Waals surface area contributed by atoms with Gasteiger partial charge in [-0.05, 0) is 35.6 Å². The lowest BCUT2D eigenvalue weighted by molar-refractivity contribution is -0.126. The molecule has 2 N–H and O–H groups in total. The number of carbonyl (C=O) groups is 2. The Morgan fingerprint density at radius 2 is 1.78 bits per heavy atom. The summed E-state index contributed by atoms with van der Waals surface area (Å²) in [4.78, 5) is 24.2. The summed E-state index contributed by atoms with van der Waals surface area (Å²) in [5.74, 6) is 0.999. The SMILES string of the molecule is COc1ccc2ccccc2c1CNC(=O)CNC(=O)CC1CCCCC1. The van der Waals surface area contributed by atoms with Crippen LogP contribution in [0, 0.1) is 5.92 Å². The summed E-state index contributed by atoms with van der Waals surface area (Å²) in [6.07, 6.45) is 6.49. The molecule has 1 aliphatic rings. The van der Waals surface area contributed by atoms with Gasteiger partial charge in [-0.1, -0.05) is 49.6 Å². The molecular weight excluding hydrogens is 340 g/mol. The number of hydrogen-bond donors (Lipinski definition) is 2. The standard InChI is InChI=1S/C22H28N2O3/c1-27-20-12-11-17-9-5-6-10-18(17)19(20)14-23-22(26)15-24-21(25)13-16-7-3-2-4-8-16/h5-6,9-12,16H,2-4,7-8,13-15H2,1H3,(H,23,26)(H,24,25). The van der Waals surface area contributed by atoms with Crippen molar-refractivity contribution >= 4 is 22.6 Å². The molecule has 1 fully saturated rings. The van der Waals surface area contributed by atoms with Crippen LogP contribution >= 0.6 is 0 Å². The van der Waals surface area contributed by atoms with Crippen LogP contribution in [0.3, 0.4) is 0 Å². The molecule has 0 aromatic heterocycles. The molecule has 27 heavy (non-hydrogen) atoms. The zero-order chi connectivity index (χ0) is 19.1. The number of carbonyl (C=O) groups excluding carboxylic acids is 2. The maximum atomic E-state index is 12.2. The van der Waals surface area contributed by atoms with E-state index in [9.17, 15) is 9.59 Å². The van der Waals surface area contributed by atoms with Gasteiger partial charge in [0.25, 0.3) is 0 Å². The predicted molar refractivity (Wildman–Crippen MR) is 107 cm³/mol. The summed E-state index contributed by atoms with van der Waals surface area (Å²) in [7, 11) is 1.63. The van der Waals surface area contributed by atoms with Gasteiger partial charge in [-0.25, -0.2) is 0 Å². The van der Waals surface area contributed by atoms with Gasteiger partial charge in [0.1, 0.15) is 5.75 Å². The van der Waals surface area contributed by atoms with Crippen molar-refractivity contribution in [3.8, 4) is 5.75 Å². The zero-order valence-electron chi connectivity index (χ0n) is 15.9. The van der Waals surface area contributed by atoms with E-state index in [1.807, 2.05) is 36.4 Å². The molecule has 1 saturated carbocycles. The molecule has 1 aliphatic carbocycles. The van der Waals surface area contributed by atoms with Crippen molar-refractivity contribution < 1.29 is 14.3 Å². The lowest BCUT2D eigenvalue weighted by Crippen LogP contribution is -2.37. The Labute approximate surface area is 160 Å². The van der Waals surface area contributed by atoms with Crippen molar-refractivity contribution in [3.05, 3.63) is 42.0 Å². The Kier molecular flexibility index (Phi) is 6.69. The fourth-order valence-corrected chi connectivity index (χ4v) is 3.84. The van der Waals surface area contributed by atoms with Crippen molar-refractivity contribution in [2.45, 2.75) is 45.1 Å². The van der Waals surface area contributed by atoms with Gasteiger partial charge in [0, 0.05) is 18.5 Å². The number of fused-ring (bicyclic) bond motifs is 1. The van der Waals surface area contributed by atoms with E-state index in [4.69, 9.17) is 4.74 Å². The maximum absolute atomic E-state index is 12.2. The number of nitrogens with one attached hydrogen (secondary N) is 2. The van der Waals surface area contributed by atoms with E-state index >= 15 is 0 Å². The van der Waals surface area contributed by atoms with Gasteiger partial charge in [0.15, 0.2) is 0 Å². The second-order valence-corrected chi connectivity index (χ2v) is 7.23. The highest BCUT2D eigenvalue weighted by atomic mass is 16.5. The fourth-order valence-electron chi connectivity index (χ4n) is 3.84. The lowest BCUT2D eigenvalue weighted by Gasteiger charge is -2.20. The first-order chi connectivity index (χ1) is 13.2. The van der Waals surface area contributed by atoms with E-state index in [0.29, 0.717) is 18.9 Å². The lowest BCUT2D eigenvalue weighted by atomic mass is 9.87. The number of rotatable bonds is 7. The molecule has 0 heterocycles. The summed E-state index contributed by atoms with van der Waals surface area (Å²) in [6, 6.07) is 11.9. The quantitative estimate of drug-likeness (QED) is 0.785. The molecule has 2 aromatic rings. The summed E-state index contributed by atoms with van der Waals surface area (Å²) in [6.45, 7) is 0.375. The second-order valence-electron chi connectivity index (χ2n) is 7.23. The Hall–Kier alpha value is -2.56. The van der Waals surface area contributed by atoms with Crippen molar-refractivity contribution in [3.63, 3.8) is 0 Å². The van der Waals surface area contributed by atoms with Crippen molar-refractivity contribution in [2.24, 2.45) is 5.92 Å². The molecule has 5 nitrogen and oxygen atoms in total. The highest BCUT2D eigenvalue weighted by Gasteiger charge is 2.17. The van der Waals surface area contributed by atoms with Crippen LogP contribution in [0.1, 0.15) is 44.1 Å². The van der Waals surface area contributed by atoms with Gasteiger partial charge in [-0.15, -0.1) is 0 Å². The molecule has 3 rings (SSSR count). The molecule has 0 aliphatic heterocycles. The molecule has 0 bridgehead atoms. The Morgan fingerprint density at radius 1 is 1.00 bits per heavy atom. The molecule has 5 heteroatoms. The molecule has 0 atom stereocenters. The molecule has 2 amide bonds. The predicted octanol–water partition coefficient (Wildman–Crippen LogP) is 3.55. The summed E-state index contributed by atoms with van der Waals surface area (Å²) < 4.78 is 5.45. The van der Waals surface area contributed by atoms with Crippen LogP contribution in [0.25, 0.3) is 10.8 Å². The van der Waals surface area contributed by atoms with Gasteiger partial charge in [-0.2, -0.15) is 0 Å². The Balaban J connectivity index is 1.52. The van der Waals surface area contributed by atoms with Crippen LogP contribution in [-0.2, 0) is 16.1 Å². The third kappa shape index (κ3) is 5.22. The molecule has 2 aromatic carbocycles. The van der Waals surface area contributed by atoms with E-state index in [-0.39, 0.29) is 18.4 Å². The first-order valence-corrected chi connectivity index (χ1v) is 9.75. The molecule has 0 radical (unpaired) electrons. The van der Waals surface area contributed by atoms with Crippen molar-refractivity contribution in [1.29, 1.82) is 0 Å². The molecule has 0 unspecified atom stereocenters. The van der Waals surface area contributed by atoms with Crippen LogP contribution in [0.2, 0.25) is 0 Å². The molecular formula is C22H28N2O3. The Bertz CT molecular complexity index is 797. The normalized spacial score (nSPS) is 14.7. The second kappa shape index (κ2) is 9.40. The van der Waals surface area contributed by atoms with Crippen LogP contribution in [-0.4, -0.2) is 25.5 Å². The maximum Gasteiger partial charge on any atom is 0.239 e. The first kappa shape index (κ1) is 19.2. The highest BCUT2D eigenvalue weighted by molar-refractivity contribution is 5.89. The smallest absolute Gasteiger partial charge is 0.239 e. The molecule has 144 valence electrons. The number of methoxy groups -OCH3 is 1. The topological polar surface area (TPSA) is 67.4 Å². The third-order valence-electron chi connectivity index (χ3n) is 5.32. The average molecular weight is 368 g/mol. The number of amides is 2. The number of hydrogen-bond acceptors (Lipinski definition) is 3. The third-order valence-corrected chi connectivity index (χ3v) is 5.32. The average Bonchev–Trinajstić information content (AvgIpc) is 2.71. The van der Waals surface area contributed by atoms with Crippen LogP contribution in [0.5, 0.6) is 5.75 Å². The van der Waals surface area contributed by atoms with Crippen molar-refractivity contribution in [1.82, 2.24) is 10.6 Å². The number of benzene rings is 2. The van der Waals surface area contributed by atoms with E-state index in [0.717, 1.165) is 34.9 Å². The molecule has 0 spiro atoms. The van der Waals surface area contributed by atoms with E-state index in [1.54, 1.807) is 7.11 Å². The van der Waals surface area contributed by atoms with Gasteiger partial charge in [0.2, 0.25) is 11.8 Å². The van der Waals surface area contributed by atoms with Crippen molar-refractivity contribution in [2.75, 3.05) is 13.7 Å². The largest absolute Gasteiger partial charge is 0.496 e. The highest BCUT2D eigenvalue weighted by Crippen LogP contribution is 2.28. The van der Waals surface area contributed by atoms with Gasteiger partial charge in [-0.3, -0.25) is 9.59 Å².